The van der Waals surface area contributed by atoms with Crippen LogP contribution in [-0.2, 0) is 9.53 Å². The number of halogens is 1. The Morgan fingerprint density at radius 2 is 2.04 bits per heavy atom. The minimum atomic E-state index is -0.603. The van der Waals surface area contributed by atoms with E-state index in [9.17, 15) is 9.59 Å². The maximum atomic E-state index is 13.0. The molecule has 26 heavy (non-hydrogen) atoms. The molecule has 2 amide bonds. The molecule has 1 N–H and O–H groups in total. The quantitative estimate of drug-likeness (QED) is 0.729. The first-order valence-corrected chi connectivity index (χ1v) is 9.76. The van der Waals surface area contributed by atoms with Gasteiger partial charge in [0.1, 0.15) is 22.1 Å². The smallest absolute Gasteiger partial charge is 0.410 e. The number of likely N-dealkylation sites (tertiary alicyclic amines) is 1. The van der Waals surface area contributed by atoms with Crippen LogP contribution in [0.1, 0.15) is 46.6 Å². The van der Waals surface area contributed by atoms with E-state index in [4.69, 9.17) is 4.74 Å². The van der Waals surface area contributed by atoms with Crippen molar-refractivity contribution in [2.24, 2.45) is 11.8 Å². The highest BCUT2D eigenvalue weighted by atomic mass is 79.9. The molecule has 0 saturated carbocycles. The van der Waals surface area contributed by atoms with Gasteiger partial charge in [0.25, 0.3) is 0 Å². The van der Waals surface area contributed by atoms with Crippen molar-refractivity contribution in [3.8, 4) is 0 Å². The van der Waals surface area contributed by atoms with E-state index in [2.05, 4.69) is 33.2 Å². The number of hydrogen-bond donors (Lipinski definition) is 1. The minimum Gasteiger partial charge on any atom is -0.444 e. The Bertz CT molecular complexity index is 687. The lowest BCUT2D eigenvalue weighted by Crippen LogP contribution is -2.47. The molecule has 1 aliphatic rings. The molecule has 0 aliphatic carbocycles. The zero-order valence-electron chi connectivity index (χ0n) is 16.3. The summed E-state index contributed by atoms with van der Waals surface area (Å²) in [7, 11) is 0. The predicted molar refractivity (Wildman–Crippen MR) is 105 cm³/mol. The highest BCUT2D eigenvalue weighted by molar-refractivity contribution is 9.10. The molecule has 1 saturated heterocycles. The highest BCUT2D eigenvalue weighted by Crippen LogP contribution is 2.34. The first-order chi connectivity index (χ1) is 12.0. The third-order valence-corrected chi connectivity index (χ3v) is 5.18. The summed E-state index contributed by atoms with van der Waals surface area (Å²) in [5.74, 6) is 0.573. The van der Waals surface area contributed by atoms with E-state index in [1.54, 1.807) is 4.90 Å². The molecule has 0 bridgehead atoms. The lowest BCUT2D eigenvalue weighted by atomic mass is 9.90. The summed E-state index contributed by atoms with van der Waals surface area (Å²) in [6.07, 6.45) is 0.456. The minimum absolute atomic E-state index is 0.0416. The summed E-state index contributed by atoms with van der Waals surface area (Å²) < 4.78 is 6.17. The molecule has 0 aromatic carbocycles. The molecule has 2 rings (SSSR count). The van der Waals surface area contributed by atoms with E-state index >= 15 is 0 Å². The van der Waals surface area contributed by atoms with Crippen molar-refractivity contribution >= 4 is 33.7 Å². The lowest BCUT2D eigenvalue weighted by Gasteiger charge is -2.29. The van der Waals surface area contributed by atoms with Crippen molar-refractivity contribution in [2.45, 2.75) is 59.6 Å². The van der Waals surface area contributed by atoms with Gasteiger partial charge in [0.15, 0.2) is 0 Å². The first kappa shape index (κ1) is 20.7. The molecule has 0 radical (unpaired) electrons. The Labute approximate surface area is 163 Å². The van der Waals surface area contributed by atoms with Crippen LogP contribution in [0, 0.1) is 18.8 Å². The summed E-state index contributed by atoms with van der Waals surface area (Å²) in [5, 5.41) is 2.89. The normalized spacial score (nSPS) is 23.0. The Balaban J connectivity index is 2.25. The third-order valence-electron chi connectivity index (χ3n) is 4.73. The van der Waals surface area contributed by atoms with E-state index in [0.717, 1.165) is 12.0 Å². The van der Waals surface area contributed by atoms with Crippen LogP contribution < -0.4 is 5.32 Å². The molecular weight excluding hydrogens is 398 g/mol. The van der Waals surface area contributed by atoms with Gasteiger partial charge in [-0.1, -0.05) is 26.3 Å². The average molecular weight is 426 g/mol. The fourth-order valence-corrected chi connectivity index (χ4v) is 3.60. The molecule has 2 heterocycles. The molecule has 1 aromatic rings. The largest absolute Gasteiger partial charge is 0.444 e. The summed E-state index contributed by atoms with van der Waals surface area (Å²) in [5.41, 5.74) is 0.261. The number of pyridine rings is 1. The van der Waals surface area contributed by atoms with Gasteiger partial charge in [-0.25, -0.2) is 9.78 Å². The number of nitrogens with one attached hydrogen (secondary N) is 1. The molecule has 6 nitrogen and oxygen atoms in total. The fourth-order valence-electron chi connectivity index (χ4n) is 3.29. The Morgan fingerprint density at radius 3 is 2.62 bits per heavy atom. The zero-order chi connectivity index (χ0) is 19.6. The topological polar surface area (TPSA) is 71.5 Å². The second kappa shape index (κ2) is 7.94. The number of ether oxygens (including phenoxy) is 1. The molecule has 144 valence electrons. The van der Waals surface area contributed by atoms with Gasteiger partial charge in [0, 0.05) is 6.54 Å². The monoisotopic (exact) mass is 425 g/mol. The summed E-state index contributed by atoms with van der Waals surface area (Å²) in [6, 6.07) is 3.13. The van der Waals surface area contributed by atoms with Crippen LogP contribution >= 0.6 is 15.9 Å². The van der Waals surface area contributed by atoms with Crippen LogP contribution in [0.5, 0.6) is 0 Å². The summed E-state index contributed by atoms with van der Waals surface area (Å²) >= 11 is 3.32. The van der Waals surface area contributed by atoms with Crippen LogP contribution in [0.25, 0.3) is 0 Å². The number of aromatic nitrogens is 1. The molecule has 1 fully saturated rings. The Morgan fingerprint density at radius 1 is 1.38 bits per heavy atom. The molecule has 1 aliphatic heterocycles. The summed E-state index contributed by atoms with van der Waals surface area (Å²) in [4.78, 5) is 31.6. The molecule has 0 spiro atoms. The molecule has 1 unspecified atom stereocenters. The molecule has 3 atom stereocenters. The number of amides is 2. The van der Waals surface area contributed by atoms with Gasteiger partial charge in [-0.2, -0.15) is 0 Å². The van der Waals surface area contributed by atoms with Crippen LogP contribution in [-0.4, -0.2) is 40.1 Å². The average Bonchev–Trinajstić information content (AvgIpc) is 2.86. The number of hydrogen-bond acceptors (Lipinski definition) is 4. The van der Waals surface area contributed by atoms with E-state index in [-0.39, 0.29) is 17.7 Å². The predicted octanol–water partition coefficient (Wildman–Crippen LogP) is 4.37. The summed E-state index contributed by atoms with van der Waals surface area (Å²) in [6.45, 7) is 12.0. The molecule has 1 aromatic heterocycles. The van der Waals surface area contributed by atoms with Gasteiger partial charge in [-0.05, 0) is 67.1 Å². The van der Waals surface area contributed by atoms with Crippen molar-refractivity contribution in [1.82, 2.24) is 9.88 Å². The maximum absolute atomic E-state index is 13.0. The van der Waals surface area contributed by atoms with Crippen molar-refractivity contribution in [2.75, 3.05) is 11.9 Å². The highest BCUT2D eigenvalue weighted by Gasteiger charge is 2.46. The van der Waals surface area contributed by atoms with E-state index < -0.39 is 17.7 Å². The van der Waals surface area contributed by atoms with Crippen molar-refractivity contribution in [1.29, 1.82) is 0 Å². The van der Waals surface area contributed by atoms with Gasteiger partial charge < -0.3 is 10.1 Å². The molecular formula is C19H28BrN3O3. The van der Waals surface area contributed by atoms with E-state index in [1.165, 1.54) is 0 Å². The second-order valence-electron chi connectivity index (χ2n) is 7.89. The van der Waals surface area contributed by atoms with Gasteiger partial charge in [-0.3, -0.25) is 9.69 Å². The van der Waals surface area contributed by atoms with Crippen LogP contribution in [0.15, 0.2) is 16.7 Å². The number of nitrogens with zero attached hydrogens (tertiary/aromatic N) is 2. The first-order valence-electron chi connectivity index (χ1n) is 8.97. The maximum Gasteiger partial charge on any atom is 0.410 e. The fraction of sp³-hybridized carbons (Fsp3) is 0.632. The Kier molecular flexibility index (Phi) is 6.32. The SMILES string of the molecule is CC[C@@H]1CN(C(=O)OC(C)(C)C)[C@H](C(=O)Nc2nc(Br)ccc2C)C1C. The number of aryl methyl sites for hydroxylation is 1. The molecule has 7 heteroatoms. The van der Waals surface area contributed by atoms with Crippen molar-refractivity contribution in [3.05, 3.63) is 22.3 Å². The van der Waals surface area contributed by atoms with Crippen LogP contribution in [0.4, 0.5) is 10.6 Å². The second-order valence-corrected chi connectivity index (χ2v) is 8.71. The van der Waals surface area contributed by atoms with Crippen molar-refractivity contribution < 1.29 is 14.3 Å². The van der Waals surface area contributed by atoms with Crippen LogP contribution in [0.3, 0.4) is 0 Å². The third kappa shape index (κ3) is 4.75. The number of carbonyl (C=O) groups is 2. The number of anilines is 1. The van der Waals surface area contributed by atoms with E-state index in [1.807, 2.05) is 46.8 Å². The van der Waals surface area contributed by atoms with Gasteiger partial charge in [0.2, 0.25) is 5.91 Å². The van der Waals surface area contributed by atoms with Gasteiger partial charge in [0.05, 0.1) is 0 Å². The van der Waals surface area contributed by atoms with Gasteiger partial charge >= 0.3 is 6.09 Å². The zero-order valence-corrected chi connectivity index (χ0v) is 17.9. The standard InChI is InChI=1S/C19H28BrN3O3/c1-7-13-10-23(18(25)26-19(4,5)6)15(12(13)3)17(24)22-16-11(2)8-9-14(20)21-16/h8-9,12-13,15H,7,10H2,1-6H3,(H,21,22,24)/t12?,13-,15+/m1/s1. The Hall–Kier alpha value is -1.63. The number of carbonyl (C=O) groups excluding carboxylic acids is 2. The lowest BCUT2D eigenvalue weighted by molar-refractivity contribution is -0.121. The number of rotatable bonds is 3. The van der Waals surface area contributed by atoms with E-state index in [0.29, 0.717) is 17.0 Å². The van der Waals surface area contributed by atoms with Crippen molar-refractivity contribution in [3.63, 3.8) is 0 Å². The van der Waals surface area contributed by atoms with Crippen LogP contribution in [0.2, 0.25) is 0 Å². The van der Waals surface area contributed by atoms with Gasteiger partial charge in [-0.15, -0.1) is 0 Å².